The molecule has 1 saturated heterocycles. The van der Waals surface area contributed by atoms with Crippen LogP contribution < -0.4 is 10.6 Å². The number of hydrogen-bond acceptors (Lipinski definition) is 3. The Hall–Kier alpha value is -2.62. The Balaban J connectivity index is 1.96. The largest absolute Gasteiger partial charge is 0.398 e. The Kier molecular flexibility index (Phi) is 3.22. The molecular formula is C17H16N2O2. The molecule has 1 atom stereocenters. The second kappa shape index (κ2) is 5.05. The van der Waals surface area contributed by atoms with Gasteiger partial charge < -0.3 is 5.73 Å². The summed E-state index contributed by atoms with van der Waals surface area (Å²) in [5.41, 5.74) is 8.80. The molecule has 1 unspecified atom stereocenters. The Morgan fingerprint density at radius 1 is 1.10 bits per heavy atom. The highest BCUT2D eigenvalue weighted by Gasteiger charge is 2.40. The molecule has 4 nitrogen and oxygen atoms in total. The maximum absolute atomic E-state index is 12.6. The van der Waals surface area contributed by atoms with E-state index in [0.717, 1.165) is 11.1 Å². The Morgan fingerprint density at radius 2 is 1.81 bits per heavy atom. The van der Waals surface area contributed by atoms with E-state index in [1.165, 1.54) is 4.90 Å². The van der Waals surface area contributed by atoms with Crippen molar-refractivity contribution in [1.82, 2.24) is 0 Å². The van der Waals surface area contributed by atoms with E-state index in [1.54, 1.807) is 12.1 Å². The number of benzene rings is 2. The molecule has 2 aromatic carbocycles. The fourth-order valence-electron chi connectivity index (χ4n) is 2.62. The molecule has 1 fully saturated rings. The summed E-state index contributed by atoms with van der Waals surface area (Å²) in [5.74, 6) is -0.771. The van der Waals surface area contributed by atoms with Crippen molar-refractivity contribution in [2.45, 2.75) is 19.3 Å². The molecule has 2 aromatic rings. The third-order valence-corrected chi connectivity index (χ3v) is 3.87. The molecular weight excluding hydrogens is 264 g/mol. The molecule has 1 heterocycles. The number of aryl methyl sites for hydroxylation is 1. The second-order valence-corrected chi connectivity index (χ2v) is 5.28. The van der Waals surface area contributed by atoms with Gasteiger partial charge in [-0.05, 0) is 30.2 Å². The van der Waals surface area contributed by atoms with Crippen LogP contribution in [0.4, 0.5) is 11.4 Å². The zero-order valence-electron chi connectivity index (χ0n) is 11.7. The highest BCUT2D eigenvalue weighted by Crippen LogP contribution is 2.34. The lowest BCUT2D eigenvalue weighted by molar-refractivity contribution is -0.121. The van der Waals surface area contributed by atoms with E-state index >= 15 is 0 Å². The third kappa shape index (κ3) is 2.29. The number of anilines is 2. The molecule has 3 rings (SSSR count). The molecule has 0 radical (unpaired) electrons. The molecule has 1 aliphatic heterocycles. The number of rotatable bonds is 2. The number of imide groups is 1. The van der Waals surface area contributed by atoms with E-state index in [9.17, 15) is 9.59 Å². The van der Waals surface area contributed by atoms with E-state index in [0.29, 0.717) is 11.4 Å². The lowest BCUT2D eigenvalue weighted by Crippen LogP contribution is -2.30. The molecule has 0 aliphatic carbocycles. The molecule has 0 spiro atoms. The minimum absolute atomic E-state index is 0.183. The summed E-state index contributed by atoms with van der Waals surface area (Å²) >= 11 is 0. The van der Waals surface area contributed by atoms with Gasteiger partial charge in [-0.2, -0.15) is 0 Å². The minimum atomic E-state index is -0.402. The normalized spacial score (nSPS) is 18.3. The first kappa shape index (κ1) is 13.4. The quantitative estimate of drug-likeness (QED) is 0.679. The summed E-state index contributed by atoms with van der Waals surface area (Å²) in [6.45, 7) is 1.89. The summed E-state index contributed by atoms with van der Waals surface area (Å²) < 4.78 is 0. The van der Waals surface area contributed by atoms with E-state index in [-0.39, 0.29) is 18.2 Å². The number of carbonyl (C=O) groups is 2. The van der Waals surface area contributed by atoms with Gasteiger partial charge in [-0.3, -0.25) is 9.59 Å². The van der Waals surface area contributed by atoms with Gasteiger partial charge in [0.2, 0.25) is 11.8 Å². The van der Waals surface area contributed by atoms with E-state index in [2.05, 4.69) is 0 Å². The highest BCUT2D eigenvalue weighted by atomic mass is 16.2. The van der Waals surface area contributed by atoms with Crippen LogP contribution in [-0.4, -0.2) is 11.8 Å². The van der Waals surface area contributed by atoms with Gasteiger partial charge in [0.05, 0.1) is 11.6 Å². The first-order chi connectivity index (χ1) is 10.1. The second-order valence-electron chi connectivity index (χ2n) is 5.28. The van der Waals surface area contributed by atoms with Gasteiger partial charge in [-0.15, -0.1) is 0 Å². The predicted molar refractivity (Wildman–Crippen MR) is 81.9 cm³/mol. The van der Waals surface area contributed by atoms with E-state index < -0.39 is 5.92 Å². The molecule has 4 heteroatoms. The van der Waals surface area contributed by atoms with Crippen LogP contribution in [0.3, 0.4) is 0 Å². The van der Waals surface area contributed by atoms with Crippen molar-refractivity contribution in [2.24, 2.45) is 0 Å². The number of nitrogen functional groups attached to an aromatic ring is 1. The molecule has 0 bridgehead atoms. The average Bonchev–Trinajstić information content (AvgIpc) is 2.78. The topological polar surface area (TPSA) is 63.4 Å². The van der Waals surface area contributed by atoms with Gasteiger partial charge in [0.25, 0.3) is 0 Å². The van der Waals surface area contributed by atoms with Crippen molar-refractivity contribution in [3.63, 3.8) is 0 Å². The van der Waals surface area contributed by atoms with Crippen LogP contribution in [0.2, 0.25) is 0 Å². The van der Waals surface area contributed by atoms with Crippen LogP contribution in [0.15, 0.2) is 48.5 Å². The van der Waals surface area contributed by atoms with Gasteiger partial charge in [-0.25, -0.2) is 4.90 Å². The molecule has 0 saturated carbocycles. The summed E-state index contributed by atoms with van der Waals surface area (Å²) in [6.07, 6.45) is 0.205. The van der Waals surface area contributed by atoms with Crippen molar-refractivity contribution in [3.05, 3.63) is 59.7 Å². The summed E-state index contributed by atoms with van der Waals surface area (Å²) in [4.78, 5) is 26.1. The van der Waals surface area contributed by atoms with Crippen molar-refractivity contribution in [3.8, 4) is 0 Å². The fourth-order valence-corrected chi connectivity index (χ4v) is 2.62. The maximum atomic E-state index is 12.6. The van der Waals surface area contributed by atoms with Gasteiger partial charge in [-0.1, -0.05) is 36.4 Å². The van der Waals surface area contributed by atoms with Crippen LogP contribution in [0.5, 0.6) is 0 Å². The summed E-state index contributed by atoms with van der Waals surface area (Å²) in [7, 11) is 0. The SMILES string of the molecule is Cc1ccc(N2C(=O)CC(c3ccccc3)C2=O)cc1N. The van der Waals surface area contributed by atoms with E-state index in [1.807, 2.05) is 43.3 Å². The lowest BCUT2D eigenvalue weighted by Gasteiger charge is -2.16. The number of amides is 2. The lowest BCUT2D eigenvalue weighted by atomic mass is 9.98. The average molecular weight is 280 g/mol. The summed E-state index contributed by atoms with van der Waals surface area (Å²) in [6, 6.07) is 14.7. The molecule has 106 valence electrons. The van der Waals surface area contributed by atoms with Crippen LogP contribution in [0.1, 0.15) is 23.5 Å². The zero-order valence-corrected chi connectivity index (χ0v) is 11.7. The first-order valence-corrected chi connectivity index (χ1v) is 6.86. The number of hydrogen-bond donors (Lipinski definition) is 1. The van der Waals surface area contributed by atoms with E-state index in [4.69, 9.17) is 5.73 Å². The van der Waals surface area contributed by atoms with Crippen molar-refractivity contribution in [2.75, 3.05) is 10.6 Å². The molecule has 0 aromatic heterocycles. The smallest absolute Gasteiger partial charge is 0.241 e. The molecule has 2 amide bonds. The number of nitrogens with zero attached hydrogens (tertiary/aromatic N) is 1. The number of nitrogens with two attached hydrogens (primary N) is 1. The molecule has 2 N–H and O–H groups in total. The molecule has 21 heavy (non-hydrogen) atoms. The highest BCUT2D eigenvalue weighted by molar-refractivity contribution is 6.22. The standard InChI is InChI=1S/C17H16N2O2/c1-11-7-8-13(9-15(11)18)19-16(20)10-14(17(19)21)12-5-3-2-4-6-12/h2-9,14H,10,18H2,1H3. The van der Waals surface area contributed by atoms with Crippen LogP contribution in [0, 0.1) is 6.92 Å². The Bertz CT molecular complexity index is 710. The minimum Gasteiger partial charge on any atom is -0.398 e. The molecule has 1 aliphatic rings. The van der Waals surface area contributed by atoms with Crippen LogP contribution in [0.25, 0.3) is 0 Å². The maximum Gasteiger partial charge on any atom is 0.241 e. The van der Waals surface area contributed by atoms with Crippen molar-refractivity contribution >= 4 is 23.2 Å². The third-order valence-electron chi connectivity index (χ3n) is 3.87. The fraction of sp³-hybridized carbons (Fsp3) is 0.176. The van der Waals surface area contributed by atoms with Crippen molar-refractivity contribution in [1.29, 1.82) is 0 Å². The Labute approximate surface area is 123 Å². The first-order valence-electron chi connectivity index (χ1n) is 6.86. The van der Waals surface area contributed by atoms with Gasteiger partial charge in [0.1, 0.15) is 0 Å². The van der Waals surface area contributed by atoms with Gasteiger partial charge in [0.15, 0.2) is 0 Å². The summed E-state index contributed by atoms with van der Waals surface area (Å²) in [5, 5.41) is 0. The predicted octanol–water partition coefficient (Wildman–Crippen LogP) is 2.62. The van der Waals surface area contributed by atoms with Gasteiger partial charge >= 0.3 is 0 Å². The van der Waals surface area contributed by atoms with Crippen LogP contribution in [-0.2, 0) is 9.59 Å². The van der Waals surface area contributed by atoms with Crippen molar-refractivity contribution < 1.29 is 9.59 Å². The number of carbonyl (C=O) groups excluding carboxylic acids is 2. The van der Waals surface area contributed by atoms with Crippen LogP contribution >= 0.6 is 0 Å². The Morgan fingerprint density at radius 3 is 2.48 bits per heavy atom. The monoisotopic (exact) mass is 280 g/mol. The zero-order chi connectivity index (χ0) is 15.0. The van der Waals surface area contributed by atoms with Gasteiger partial charge in [0, 0.05) is 12.1 Å².